The number of benzene rings is 4. The summed E-state index contributed by atoms with van der Waals surface area (Å²) >= 11 is 0. The smallest absolute Gasteiger partial charge is 0.338 e. The van der Waals surface area contributed by atoms with Crippen molar-refractivity contribution in [2.45, 2.75) is 32.2 Å². The van der Waals surface area contributed by atoms with Crippen LogP contribution >= 0.6 is 0 Å². The van der Waals surface area contributed by atoms with Crippen LogP contribution in [0, 0.1) is 0 Å². The predicted molar refractivity (Wildman–Crippen MR) is 137 cm³/mol. The number of aryl methyl sites for hydroxylation is 1. The number of hydrogen-bond acceptors (Lipinski definition) is 3. The molecule has 0 amide bonds. The zero-order valence-corrected chi connectivity index (χ0v) is 19.1. The highest BCUT2D eigenvalue weighted by molar-refractivity contribution is 6.18. The summed E-state index contributed by atoms with van der Waals surface area (Å²) in [4.78, 5) is 26.8. The molecule has 0 saturated carbocycles. The third-order valence-corrected chi connectivity index (χ3v) is 7.13. The average Bonchev–Trinajstić information content (AvgIpc) is 2.89. The van der Waals surface area contributed by atoms with Crippen LogP contribution in [0.3, 0.4) is 0 Å². The summed E-state index contributed by atoms with van der Waals surface area (Å²) < 4.78 is 7.12. The number of ether oxygens (including phenoxy) is 1. The number of rotatable bonds is 3. The first kappa shape index (κ1) is 20.7. The van der Waals surface area contributed by atoms with Gasteiger partial charge in [0, 0.05) is 16.3 Å². The summed E-state index contributed by atoms with van der Waals surface area (Å²) in [6.07, 6.45) is 3.70. The molecule has 1 heterocycles. The van der Waals surface area contributed by atoms with Gasteiger partial charge in [0.2, 0.25) is 0 Å². The number of methoxy groups -OCH3 is 1. The van der Waals surface area contributed by atoms with E-state index in [-0.39, 0.29) is 11.5 Å². The maximum Gasteiger partial charge on any atom is 0.338 e. The van der Waals surface area contributed by atoms with Gasteiger partial charge in [-0.2, -0.15) is 0 Å². The molecule has 4 aromatic carbocycles. The Morgan fingerprint density at radius 3 is 2.18 bits per heavy atom. The molecular weight excluding hydrogens is 422 g/mol. The molecule has 0 unspecified atom stereocenters. The van der Waals surface area contributed by atoms with E-state index in [4.69, 9.17) is 4.74 Å². The monoisotopic (exact) mass is 447 g/mol. The van der Waals surface area contributed by atoms with Crippen molar-refractivity contribution in [2.75, 3.05) is 7.11 Å². The van der Waals surface area contributed by atoms with E-state index in [2.05, 4.69) is 24.3 Å². The molecule has 0 bridgehead atoms. The van der Waals surface area contributed by atoms with E-state index in [0.717, 1.165) is 74.8 Å². The van der Waals surface area contributed by atoms with E-state index in [1.807, 2.05) is 53.1 Å². The minimum Gasteiger partial charge on any atom is -0.465 e. The lowest BCUT2D eigenvalue weighted by molar-refractivity contribution is 0.0603. The fourth-order valence-electron chi connectivity index (χ4n) is 5.51. The van der Waals surface area contributed by atoms with Crippen molar-refractivity contribution >= 4 is 38.4 Å². The van der Waals surface area contributed by atoms with Gasteiger partial charge in [-0.1, -0.05) is 54.6 Å². The number of nitrogens with zero attached hydrogens (tertiary/aromatic N) is 1. The highest BCUT2D eigenvalue weighted by atomic mass is 16.5. The Kier molecular flexibility index (Phi) is 4.95. The van der Waals surface area contributed by atoms with Gasteiger partial charge in [0.15, 0.2) is 0 Å². The topological polar surface area (TPSA) is 48.3 Å². The normalized spacial score (nSPS) is 13.3. The number of hydrogen-bond donors (Lipinski definition) is 0. The second kappa shape index (κ2) is 8.14. The van der Waals surface area contributed by atoms with Gasteiger partial charge in [-0.25, -0.2) is 4.79 Å². The molecule has 4 heteroatoms. The predicted octanol–water partition coefficient (Wildman–Crippen LogP) is 6.02. The van der Waals surface area contributed by atoms with Crippen molar-refractivity contribution in [3.05, 3.63) is 105 Å². The van der Waals surface area contributed by atoms with Crippen LogP contribution < -0.4 is 5.56 Å². The van der Waals surface area contributed by atoms with E-state index in [1.165, 1.54) is 7.11 Å². The van der Waals surface area contributed by atoms with Gasteiger partial charge in [-0.05, 0) is 71.2 Å². The minimum atomic E-state index is -0.354. The third kappa shape index (κ3) is 3.21. The van der Waals surface area contributed by atoms with E-state index >= 15 is 0 Å². The van der Waals surface area contributed by atoms with E-state index in [1.54, 1.807) is 0 Å². The zero-order valence-electron chi connectivity index (χ0n) is 19.1. The van der Waals surface area contributed by atoms with Gasteiger partial charge in [-0.3, -0.25) is 4.79 Å². The molecule has 4 nitrogen and oxygen atoms in total. The van der Waals surface area contributed by atoms with Crippen LogP contribution in [-0.4, -0.2) is 17.6 Å². The standard InChI is InChI=1S/C30H25NO3/c1-34-30(33)27-17-26-22-13-7-8-14-23(22)29(32)31(18-19-9-3-2-4-10-19)28(26)25-16-21-12-6-5-11-20(21)15-24(25)27/h2-6,9-12,15-17H,7-8,13-14,18H2,1H3. The second-order valence-electron chi connectivity index (χ2n) is 9.10. The molecular formula is C30H25NO3. The van der Waals surface area contributed by atoms with Gasteiger partial charge in [0.05, 0.1) is 24.7 Å². The molecule has 34 heavy (non-hydrogen) atoms. The lowest BCUT2D eigenvalue weighted by atomic mass is 9.87. The lowest BCUT2D eigenvalue weighted by Gasteiger charge is -2.23. The Bertz CT molecular complexity index is 1650. The van der Waals surface area contributed by atoms with Gasteiger partial charge < -0.3 is 9.30 Å². The third-order valence-electron chi connectivity index (χ3n) is 7.13. The number of pyridine rings is 1. The van der Waals surface area contributed by atoms with E-state index in [9.17, 15) is 9.59 Å². The van der Waals surface area contributed by atoms with Crippen molar-refractivity contribution in [2.24, 2.45) is 0 Å². The summed E-state index contributed by atoms with van der Waals surface area (Å²) in [5, 5.41) is 4.85. The first-order chi connectivity index (χ1) is 16.7. The van der Waals surface area contributed by atoms with Crippen LogP contribution in [0.2, 0.25) is 0 Å². The maximum absolute atomic E-state index is 13.9. The zero-order chi connectivity index (χ0) is 23.2. The second-order valence-corrected chi connectivity index (χ2v) is 9.10. The van der Waals surface area contributed by atoms with Crippen LogP contribution in [0.4, 0.5) is 0 Å². The summed E-state index contributed by atoms with van der Waals surface area (Å²) in [6, 6.07) is 24.4. The van der Waals surface area contributed by atoms with Crippen LogP contribution in [0.1, 0.15) is 39.9 Å². The number of fused-ring (bicyclic) bond motifs is 6. The Morgan fingerprint density at radius 1 is 0.824 bits per heavy atom. The molecule has 0 atom stereocenters. The number of aromatic nitrogens is 1. The molecule has 0 aliphatic heterocycles. The van der Waals surface area contributed by atoms with Gasteiger partial charge in [0.25, 0.3) is 5.56 Å². The van der Waals surface area contributed by atoms with Crippen LogP contribution in [0.25, 0.3) is 32.4 Å². The van der Waals surface area contributed by atoms with Crippen LogP contribution in [-0.2, 0) is 24.1 Å². The van der Waals surface area contributed by atoms with E-state index in [0.29, 0.717) is 12.1 Å². The molecule has 6 rings (SSSR count). The van der Waals surface area contributed by atoms with E-state index < -0.39 is 0 Å². The van der Waals surface area contributed by atoms with Crippen molar-refractivity contribution in [1.29, 1.82) is 0 Å². The van der Waals surface area contributed by atoms with Crippen molar-refractivity contribution < 1.29 is 9.53 Å². The van der Waals surface area contributed by atoms with Crippen molar-refractivity contribution in [3.8, 4) is 0 Å². The number of esters is 1. The fraction of sp³-hybridized carbons (Fsp3) is 0.200. The molecule has 0 radical (unpaired) electrons. The first-order valence-electron chi connectivity index (χ1n) is 11.8. The lowest BCUT2D eigenvalue weighted by Crippen LogP contribution is -2.28. The quantitative estimate of drug-likeness (QED) is 0.193. The summed E-state index contributed by atoms with van der Waals surface area (Å²) in [6.45, 7) is 0.489. The van der Waals surface area contributed by atoms with Crippen LogP contribution in [0.15, 0.2) is 77.6 Å². The van der Waals surface area contributed by atoms with Crippen molar-refractivity contribution in [1.82, 2.24) is 4.57 Å². The molecule has 1 aliphatic carbocycles. The van der Waals surface area contributed by atoms with Gasteiger partial charge >= 0.3 is 5.97 Å². The maximum atomic E-state index is 13.9. The fourth-order valence-corrected chi connectivity index (χ4v) is 5.51. The van der Waals surface area contributed by atoms with Crippen molar-refractivity contribution in [3.63, 3.8) is 0 Å². The largest absolute Gasteiger partial charge is 0.465 e. The molecule has 1 aliphatic rings. The summed E-state index contributed by atoms with van der Waals surface area (Å²) in [5.41, 5.74) is 4.61. The number of carbonyl (C=O) groups is 1. The number of carbonyl (C=O) groups excluding carboxylic acids is 1. The highest BCUT2D eigenvalue weighted by Gasteiger charge is 2.24. The molecule has 168 valence electrons. The average molecular weight is 448 g/mol. The summed E-state index contributed by atoms with van der Waals surface area (Å²) in [7, 11) is 1.42. The Morgan fingerprint density at radius 2 is 1.47 bits per heavy atom. The summed E-state index contributed by atoms with van der Waals surface area (Å²) in [5.74, 6) is -0.354. The Hall–Kier alpha value is -3.92. The molecule has 0 saturated heterocycles. The SMILES string of the molecule is COC(=O)c1cc2c3c(c(=O)n(Cc4ccccc4)c2c2cc4ccccc4cc12)CCCC3. The molecule has 5 aromatic rings. The molecule has 0 fully saturated rings. The molecule has 0 spiro atoms. The first-order valence-corrected chi connectivity index (χ1v) is 11.8. The molecule has 1 aromatic heterocycles. The van der Waals surface area contributed by atoms with Gasteiger partial charge in [0.1, 0.15) is 0 Å². The Labute approximate surface area is 197 Å². The minimum absolute atomic E-state index is 0.0892. The molecule has 0 N–H and O–H groups in total. The highest BCUT2D eigenvalue weighted by Crippen LogP contribution is 2.36. The Balaban J connectivity index is 1.82. The van der Waals surface area contributed by atoms with Gasteiger partial charge in [-0.15, -0.1) is 0 Å². The van der Waals surface area contributed by atoms with Crippen LogP contribution in [0.5, 0.6) is 0 Å².